The second-order valence-corrected chi connectivity index (χ2v) is 5.91. The van der Waals surface area contributed by atoms with E-state index in [1.165, 1.54) is 0 Å². The van der Waals surface area contributed by atoms with Crippen LogP contribution in [-0.4, -0.2) is 29.9 Å². The van der Waals surface area contributed by atoms with Gasteiger partial charge < -0.3 is 15.2 Å². The van der Waals surface area contributed by atoms with Gasteiger partial charge in [0.15, 0.2) is 0 Å². The fourth-order valence-corrected chi connectivity index (χ4v) is 1.77. The van der Waals surface area contributed by atoms with Crippen molar-refractivity contribution in [1.29, 1.82) is 5.26 Å². The molecular formula is C16H23N3O3. The molecule has 3 N–H and O–H groups in total. The zero-order chi connectivity index (χ0) is 16.8. The molecule has 1 aromatic carbocycles. The predicted molar refractivity (Wildman–Crippen MR) is 84.5 cm³/mol. The second-order valence-electron chi connectivity index (χ2n) is 5.91. The molecular weight excluding hydrogens is 282 g/mol. The molecule has 0 fully saturated rings. The van der Waals surface area contributed by atoms with Crippen molar-refractivity contribution in [2.45, 2.75) is 39.3 Å². The molecule has 1 unspecified atom stereocenters. The van der Waals surface area contributed by atoms with E-state index in [0.717, 1.165) is 0 Å². The second kappa shape index (κ2) is 7.78. The van der Waals surface area contributed by atoms with E-state index in [1.807, 2.05) is 26.8 Å². The summed E-state index contributed by atoms with van der Waals surface area (Å²) >= 11 is 0. The van der Waals surface area contributed by atoms with Crippen LogP contribution in [-0.2, 0) is 4.74 Å². The summed E-state index contributed by atoms with van der Waals surface area (Å²) in [6.45, 7) is 8.35. The van der Waals surface area contributed by atoms with E-state index < -0.39 is 12.2 Å². The first kappa shape index (κ1) is 18.0. The van der Waals surface area contributed by atoms with Crippen molar-refractivity contribution in [3.8, 4) is 6.07 Å². The third-order valence-corrected chi connectivity index (χ3v) is 2.89. The number of nitrogens with zero attached hydrogens (tertiary/aromatic N) is 1. The molecule has 0 radical (unpaired) electrons. The van der Waals surface area contributed by atoms with E-state index in [0.29, 0.717) is 17.8 Å². The molecule has 0 aromatic heterocycles. The third-order valence-electron chi connectivity index (χ3n) is 2.89. The molecule has 0 saturated heterocycles. The smallest absolute Gasteiger partial charge is 0.411 e. The number of aliphatic hydroxyl groups is 1. The summed E-state index contributed by atoms with van der Waals surface area (Å²) < 4.78 is 4.78. The zero-order valence-electron chi connectivity index (χ0n) is 13.4. The number of hydrogen-bond donors (Lipinski definition) is 3. The number of amides is 1. The summed E-state index contributed by atoms with van der Waals surface area (Å²) in [5.74, 6) is 0. The van der Waals surface area contributed by atoms with Gasteiger partial charge in [-0.05, 0) is 45.4 Å². The average molecular weight is 305 g/mol. The lowest BCUT2D eigenvalue weighted by Gasteiger charge is -2.23. The molecule has 1 aromatic rings. The number of benzene rings is 1. The van der Waals surface area contributed by atoms with Crippen molar-refractivity contribution < 1.29 is 14.6 Å². The number of ether oxygens (including phenoxy) is 1. The fourth-order valence-electron chi connectivity index (χ4n) is 1.77. The van der Waals surface area contributed by atoms with Crippen molar-refractivity contribution in [3.63, 3.8) is 0 Å². The van der Waals surface area contributed by atoms with Gasteiger partial charge in [-0.1, -0.05) is 6.07 Å². The number of nitriles is 1. The van der Waals surface area contributed by atoms with Crippen molar-refractivity contribution in [2.75, 3.05) is 18.5 Å². The maximum atomic E-state index is 11.4. The first-order valence-electron chi connectivity index (χ1n) is 7.17. The summed E-state index contributed by atoms with van der Waals surface area (Å²) in [6, 6.07) is 6.84. The summed E-state index contributed by atoms with van der Waals surface area (Å²) in [5.41, 5.74) is 1.15. The molecule has 0 saturated carbocycles. The van der Waals surface area contributed by atoms with Gasteiger partial charge in [0.2, 0.25) is 0 Å². The lowest BCUT2D eigenvalue weighted by Crippen LogP contribution is -2.38. The summed E-state index contributed by atoms with van der Waals surface area (Å²) in [4.78, 5) is 11.4. The largest absolute Gasteiger partial charge is 0.450 e. The van der Waals surface area contributed by atoms with E-state index in [-0.39, 0.29) is 17.7 Å². The van der Waals surface area contributed by atoms with Crippen LogP contribution < -0.4 is 10.6 Å². The van der Waals surface area contributed by atoms with Crippen LogP contribution in [0.2, 0.25) is 0 Å². The zero-order valence-corrected chi connectivity index (χ0v) is 13.4. The van der Waals surface area contributed by atoms with E-state index in [2.05, 4.69) is 10.6 Å². The molecule has 0 bridgehead atoms. The van der Waals surface area contributed by atoms with Gasteiger partial charge in [0.25, 0.3) is 0 Å². The van der Waals surface area contributed by atoms with Crippen LogP contribution in [0.25, 0.3) is 0 Å². The number of carbonyl (C=O) groups is 1. The number of rotatable bonds is 5. The monoisotopic (exact) mass is 305 g/mol. The van der Waals surface area contributed by atoms with Crippen molar-refractivity contribution in [1.82, 2.24) is 5.32 Å². The quantitative estimate of drug-likeness (QED) is 0.777. The maximum absolute atomic E-state index is 11.4. The van der Waals surface area contributed by atoms with E-state index in [4.69, 9.17) is 4.74 Å². The molecule has 1 rings (SSSR count). The minimum Gasteiger partial charge on any atom is -0.450 e. The molecule has 0 aliphatic carbocycles. The van der Waals surface area contributed by atoms with Gasteiger partial charge in [0.1, 0.15) is 6.07 Å². The Morgan fingerprint density at radius 1 is 1.45 bits per heavy atom. The molecule has 22 heavy (non-hydrogen) atoms. The van der Waals surface area contributed by atoms with Crippen LogP contribution in [0.5, 0.6) is 0 Å². The van der Waals surface area contributed by atoms with Crippen molar-refractivity contribution in [2.24, 2.45) is 0 Å². The molecule has 6 nitrogen and oxygen atoms in total. The number of nitrogens with one attached hydrogen (secondary N) is 2. The van der Waals surface area contributed by atoms with E-state index in [1.54, 1.807) is 25.1 Å². The van der Waals surface area contributed by atoms with Gasteiger partial charge in [0, 0.05) is 12.1 Å². The molecule has 120 valence electrons. The van der Waals surface area contributed by atoms with Crippen LogP contribution in [0, 0.1) is 11.3 Å². The Morgan fingerprint density at radius 3 is 2.68 bits per heavy atom. The summed E-state index contributed by atoms with van der Waals surface area (Å²) in [5, 5.41) is 25.1. The van der Waals surface area contributed by atoms with Gasteiger partial charge in [-0.25, -0.2) is 4.79 Å². The summed E-state index contributed by atoms with van der Waals surface area (Å²) in [6.07, 6.45) is -1.34. The lowest BCUT2D eigenvalue weighted by atomic mass is 10.0. The Bertz CT molecular complexity index is 559. The lowest BCUT2D eigenvalue weighted by molar-refractivity contribution is 0.163. The van der Waals surface area contributed by atoms with Gasteiger partial charge in [-0.15, -0.1) is 0 Å². The predicted octanol–water partition coefficient (Wildman–Crippen LogP) is 2.55. The minimum absolute atomic E-state index is 0.107. The number of aliphatic hydroxyl groups excluding tert-OH is 1. The van der Waals surface area contributed by atoms with Crippen molar-refractivity contribution >= 4 is 11.8 Å². The topological polar surface area (TPSA) is 94.4 Å². The standard InChI is InChI=1S/C16H23N3O3/c1-5-22-15(21)19-13-7-6-11(8-12(13)9-17)14(20)10-18-16(2,3)4/h6-8,14,18,20H,5,10H2,1-4H3,(H,19,21). The van der Waals surface area contributed by atoms with Crippen LogP contribution in [0.4, 0.5) is 10.5 Å². The third kappa shape index (κ3) is 5.72. The SMILES string of the molecule is CCOC(=O)Nc1ccc(C(O)CNC(C)(C)C)cc1C#N. The van der Waals surface area contributed by atoms with Gasteiger partial charge in [0.05, 0.1) is 24.0 Å². The molecule has 0 aliphatic heterocycles. The van der Waals surface area contributed by atoms with Crippen LogP contribution >= 0.6 is 0 Å². The maximum Gasteiger partial charge on any atom is 0.411 e. The highest BCUT2D eigenvalue weighted by atomic mass is 16.5. The molecule has 6 heteroatoms. The highest BCUT2D eigenvalue weighted by Crippen LogP contribution is 2.21. The highest BCUT2D eigenvalue weighted by molar-refractivity contribution is 5.86. The Morgan fingerprint density at radius 2 is 2.14 bits per heavy atom. The Balaban J connectivity index is 2.84. The first-order valence-corrected chi connectivity index (χ1v) is 7.17. The van der Waals surface area contributed by atoms with E-state index >= 15 is 0 Å². The molecule has 1 atom stereocenters. The Labute approximate surface area is 131 Å². The molecule has 0 heterocycles. The summed E-state index contributed by atoms with van der Waals surface area (Å²) in [7, 11) is 0. The van der Waals surface area contributed by atoms with Crippen LogP contribution in [0.3, 0.4) is 0 Å². The number of anilines is 1. The number of carbonyl (C=O) groups excluding carboxylic acids is 1. The van der Waals surface area contributed by atoms with Crippen LogP contribution in [0.15, 0.2) is 18.2 Å². The molecule has 0 spiro atoms. The van der Waals surface area contributed by atoms with Crippen LogP contribution in [0.1, 0.15) is 44.9 Å². The van der Waals surface area contributed by atoms with Gasteiger partial charge in [-0.3, -0.25) is 5.32 Å². The highest BCUT2D eigenvalue weighted by Gasteiger charge is 2.15. The minimum atomic E-state index is -0.733. The number of β-amino-alcohol motifs (C(OH)–C–C–N with tert-alkyl or cyclic N) is 1. The molecule has 0 aliphatic rings. The fraction of sp³-hybridized carbons (Fsp3) is 0.500. The average Bonchev–Trinajstić information content (AvgIpc) is 2.44. The van der Waals surface area contributed by atoms with Gasteiger partial charge in [-0.2, -0.15) is 5.26 Å². The normalized spacial score (nSPS) is 12.4. The van der Waals surface area contributed by atoms with Gasteiger partial charge >= 0.3 is 6.09 Å². The first-order chi connectivity index (χ1) is 10.3. The van der Waals surface area contributed by atoms with E-state index in [9.17, 15) is 15.2 Å². The Kier molecular flexibility index (Phi) is 6.35. The Hall–Kier alpha value is -2.10. The van der Waals surface area contributed by atoms with Crippen molar-refractivity contribution in [3.05, 3.63) is 29.3 Å². The number of hydrogen-bond acceptors (Lipinski definition) is 5. The molecule has 1 amide bonds.